The van der Waals surface area contributed by atoms with Crippen molar-refractivity contribution in [3.8, 4) is 11.3 Å². The molecule has 1 aromatic carbocycles. The van der Waals surface area contributed by atoms with Crippen LogP contribution in [0, 0.1) is 6.92 Å². The molecule has 0 saturated heterocycles. The zero-order chi connectivity index (χ0) is 22.9. The lowest BCUT2D eigenvalue weighted by atomic mass is 10.1. The lowest BCUT2D eigenvalue weighted by Crippen LogP contribution is -2.34. The molecule has 8 nitrogen and oxygen atoms in total. The van der Waals surface area contributed by atoms with Crippen molar-refractivity contribution in [1.82, 2.24) is 19.9 Å². The predicted molar refractivity (Wildman–Crippen MR) is 128 cm³/mol. The molecule has 1 amide bonds. The number of aromatic nitrogens is 3. The number of hydrogen-bond acceptors (Lipinski definition) is 7. The van der Waals surface area contributed by atoms with Crippen molar-refractivity contribution in [3.63, 3.8) is 0 Å². The summed E-state index contributed by atoms with van der Waals surface area (Å²) in [6.07, 6.45) is 1.59. The third-order valence-electron chi connectivity index (χ3n) is 4.76. The molecule has 0 spiro atoms. The number of nitrogens with zero attached hydrogens (tertiary/aromatic N) is 4. The summed E-state index contributed by atoms with van der Waals surface area (Å²) in [6.45, 7) is 8.93. The number of imidazole rings is 1. The summed E-state index contributed by atoms with van der Waals surface area (Å²) < 4.78 is 7.08. The maximum Gasteiger partial charge on any atom is 0.239 e. The van der Waals surface area contributed by atoms with Gasteiger partial charge in [-0.15, -0.1) is 5.10 Å². The van der Waals surface area contributed by atoms with Gasteiger partial charge >= 0.3 is 0 Å². The Bertz CT molecular complexity index is 1200. The molecule has 4 rings (SSSR count). The van der Waals surface area contributed by atoms with Gasteiger partial charge in [0.05, 0.1) is 19.4 Å². The van der Waals surface area contributed by atoms with Crippen molar-refractivity contribution in [1.29, 1.82) is 0 Å². The normalized spacial score (nSPS) is 11.7. The van der Waals surface area contributed by atoms with Crippen LogP contribution in [0.2, 0.25) is 0 Å². The monoisotopic (exact) mass is 452 g/mol. The summed E-state index contributed by atoms with van der Waals surface area (Å²) in [6, 6.07) is 11.9. The molecular weight excluding hydrogens is 424 g/mol. The molecule has 3 heterocycles. The molecule has 0 unspecified atom stereocenters. The molecule has 0 bridgehead atoms. The summed E-state index contributed by atoms with van der Waals surface area (Å²) >= 11 is 1.45. The first-order valence-electron chi connectivity index (χ1n) is 10.4. The molecule has 0 saturated carbocycles. The summed E-state index contributed by atoms with van der Waals surface area (Å²) in [5.41, 5.74) is 2.93. The molecule has 2 N–H and O–H groups in total. The smallest absolute Gasteiger partial charge is 0.239 e. The van der Waals surface area contributed by atoms with E-state index in [1.54, 1.807) is 12.3 Å². The fraction of sp³-hybridized carbons (Fsp3) is 0.348. The Kier molecular flexibility index (Phi) is 5.92. The first kappa shape index (κ1) is 21.9. The lowest BCUT2D eigenvalue weighted by Gasteiger charge is -2.22. The van der Waals surface area contributed by atoms with E-state index in [0.29, 0.717) is 11.7 Å². The minimum atomic E-state index is -0.170. The second-order valence-corrected chi connectivity index (χ2v) is 9.78. The van der Waals surface area contributed by atoms with Gasteiger partial charge in [-0.05, 0) is 39.8 Å². The summed E-state index contributed by atoms with van der Waals surface area (Å²) in [5.74, 6) is 1.45. The van der Waals surface area contributed by atoms with Crippen molar-refractivity contribution in [2.45, 2.75) is 39.8 Å². The minimum Gasteiger partial charge on any atom is -0.467 e. The molecule has 0 aliphatic carbocycles. The van der Waals surface area contributed by atoms with E-state index in [9.17, 15) is 4.79 Å². The zero-order valence-corrected chi connectivity index (χ0v) is 19.8. The van der Waals surface area contributed by atoms with Crippen molar-refractivity contribution in [2.24, 2.45) is 0 Å². The van der Waals surface area contributed by atoms with Crippen LogP contribution in [-0.2, 0) is 11.3 Å². The number of anilines is 2. The second kappa shape index (κ2) is 8.66. The predicted octanol–water partition coefficient (Wildman–Crippen LogP) is 4.32. The number of aryl methyl sites for hydroxylation is 1. The van der Waals surface area contributed by atoms with Crippen LogP contribution in [-0.4, -0.2) is 39.6 Å². The third-order valence-corrected chi connectivity index (χ3v) is 5.78. The number of benzene rings is 1. The molecule has 0 radical (unpaired) electrons. The van der Waals surface area contributed by atoms with Crippen LogP contribution >= 0.6 is 11.3 Å². The van der Waals surface area contributed by atoms with Gasteiger partial charge in [0.2, 0.25) is 16.0 Å². The first-order valence-corrected chi connectivity index (χ1v) is 11.3. The van der Waals surface area contributed by atoms with E-state index < -0.39 is 0 Å². The van der Waals surface area contributed by atoms with Gasteiger partial charge in [0.1, 0.15) is 11.5 Å². The van der Waals surface area contributed by atoms with Gasteiger partial charge in [-0.25, -0.2) is 4.98 Å². The van der Waals surface area contributed by atoms with E-state index in [4.69, 9.17) is 14.5 Å². The van der Waals surface area contributed by atoms with Crippen LogP contribution in [0.3, 0.4) is 0 Å². The second-order valence-electron chi connectivity index (χ2n) is 8.84. The highest BCUT2D eigenvalue weighted by atomic mass is 32.1. The fourth-order valence-corrected chi connectivity index (χ4v) is 4.07. The van der Waals surface area contributed by atoms with Crippen LogP contribution < -0.4 is 15.5 Å². The van der Waals surface area contributed by atoms with E-state index in [-0.39, 0.29) is 18.0 Å². The highest BCUT2D eigenvalue weighted by molar-refractivity contribution is 7.20. The number of rotatable bonds is 7. The average molecular weight is 453 g/mol. The van der Waals surface area contributed by atoms with Gasteiger partial charge in [-0.1, -0.05) is 41.2 Å². The van der Waals surface area contributed by atoms with Crippen molar-refractivity contribution in [2.75, 3.05) is 23.8 Å². The van der Waals surface area contributed by atoms with E-state index in [0.717, 1.165) is 27.8 Å². The highest BCUT2D eigenvalue weighted by Gasteiger charge is 2.23. The molecule has 32 heavy (non-hydrogen) atoms. The fourth-order valence-electron chi connectivity index (χ4n) is 3.21. The SMILES string of the molecule is Cc1ccc(-c2nc3sc(N(C)CC(=O)NCc4ccco4)nn3c2NC(C)(C)C)cc1. The first-order chi connectivity index (χ1) is 15.2. The minimum absolute atomic E-state index is 0.106. The number of furan rings is 1. The van der Waals surface area contributed by atoms with Crippen LogP contribution in [0.15, 0.2) is 47.1 Å². The number of hydrogen-bond donors (Lipinski definition) is 2. The molecule has 0 fully saturated rings. The van der Waals surface area contributed by atoms with Gasteiger partial charge in [0, 0.05) is 18.2 Å². The molecule has 168 valence electrons. The molecule has 0 aliphatic rings. The number of fused-ring (bicyclic) bond motifs is 1. The Morgan fingerprint density at radius 2 is 1.97 bits per heavy atom. The Hall–Kier alpha value is -3.33. The highest BCUT2D eigenvalue weighted by Crippen LogP contribution is 2.34. The largest absolute Gasteiger partial charge is 0.467 e. The van der Waals surface area contributed by atoms with Gasteiger partial charge in [0.25, 0.3) is 0 Å². The number of carbonyl (C=O) groups excluding carboxylic acids is 1. The molecule has 0 atom stereocenters. The van der Waals surface area contributed by atoms with Crippen LogP contribution in [0.1, 0.15) is 32.1 Å². The number of nitrogens with one attached hydrogen (secondary N) is 2. The van der Waals surface area contributed by atoms with Gasteiger partial charge < -0.3 is 20.0 Å². The van der Waals surface area contributed by atoms with Crippen molar-refractivity contribution >= 4 is 33.2 Å². The molecular formula is C23H28N6O2S. The zero-order valence-electron chi connectivity index (χ0n) is 19.0. The Labute approximate surface area is 191 Å². The van der Waals surface area contributed by atoms with E-state index in [1.165, 1.54) is 16.9 Å². The Balaban J connectivity index is 1.57. The van der Waals surface area contributed by atoms with Gasteiger partial charge in [-0.3, -0.25) is 4.79 Å². The maximum atomic E-state index is 12.3. The number of likely N-dealkylation sites (N-methyl/N-ethyl adjacent to an activating group) is 1. The van der Waals surface area contributed by atoms with Gasteiger partial charge in [-0.2, -0.15) is 4.52 Å². The van der Waals surface area contributed by atoms with Crippen LogP contribution in [0.25, 0.3) is 16.2 Å². The number of carbonyl (C=O) groups is 1. The Morgan fingerprint density at radius 1 is 1.22 bits per heavy atom. The summed E-state index contributed by atoms with van der Waals surface area (Å²) in [7, 11) is 1.85. The van der Waals surface area contributed by atoms with E-state index >= 15 is 0 Å². The topological polar surface area (TPSA) is 87.7 Å². The van der Waals surface area contributed by atoms with Crippen LogP contribution in [0.4, 0.5) is 10.9 Å². The van der Waals surface area contributed by atoms with Crippen molar-refractivity contribution in [3.05, 3.63) is 54.0 Å². The lowest BCUT2D eigenvalue weighted by molar-refractivity contribution is -0.120. The maximum absolute atomic E-state index is 12.3. The number of amides is 1. The average Bonchev–Trinajstić information content (AvgIpc) is 3.44. The quantitative estimate of drug-likeness (QED) is 0.434. The molecule has 3 aromatic heterocycles. The summed E-state index contributed by atoms with van der Waals surface area (Å²) in [4.78, 5) is 19.8. The van der Waals surface area contributed by atoms with E-state index in [1.807, 2.05) is 22.5 Å². The molecule has 9 heteroatoms. The molecule has 0 aliphatic heterocycles. The Morgan fingerprint density at radius 3 is 2.62 bits per heavy atom. The standard InChI is InChI=1S/C23H28N6O2S/c1-15-8-10-16(11-9-15)19-20(26-23(2,3)4)29-21(25-19)32-22(27-29)28(5)14-18(30)24-13-17-7-6-12-31-17/h6-12,26H,13-14H2,1-5H3,(H,24,30). The van der Waals surface area contributed by atoms with Crippen LogP contribution in [0.5, 0.6) is 0 Å². The molecule has 4 aromatic rings. The van der Waals surface area contributed by atoms with Crippen molar-refractivity contribution < 1.29 is 9.21 Å². The summed E-state index contributed by atoms with van der Waals surface area (Å²) in [5, 5.41) is 11.9. The van der Waals surface area contributed by atoms with E-state index in [2.05, 4.69) is 62.6 Å². The third kappa shape index (κ3) is 4.94. The van der Waals surface area contributed by atoms with Gasteiger partial charge in [0.15, 0.2) is 5.82 Å².